The molecule has 1 fully saturated rings. The summed E-state index contributed by atoms with van der Waals surface area (Å²) in [5, 5.41) is 14.4. The Morgan fingerprint density at radius 1 is 1.55 bits per heavy atom. The van der Waals surface area contributed by atoms with Crippen LogP contribution >= 0.6 is 11.6 Å². The first-order valence-electron chi connectivity index (χ1n) is 6.43. The molecule has 6 nitrogen and oxygen atoms in total. The SMILES string of the molecule is CCNC1CC(Oc2cc([N+](=O)[O-])ccc2Cl)C1OC. The molecule has 110 valence electrons. The van der Waals surface area contributed by atoms with E-state index in [2.05, 4.69) is 5.32 Å². The number of halogens is 1. The van der Waals surface area contributed by atoms with E-state index in [4.69, 9.17) is 21.1 Å². The average molecular weight is 301 g/mol. The zero-order valence-corrected chi connectivity index (χ0v) is 12.1. The lowest BCUT2D eigenvalue weighted by Crippen LogP contribution is -2.60. The summed E-state index contributed by atoms with van der Waals surface area (Å²) in [5.41, 5.74) is -0.0408. The second-order valence-electron chi connectivity index (χ2n) is 4.63. The number of non-ortho nitro benzene ring substituents is 1. The molecule has 1 aliphatic rings. The van der Waals surface area contributed by atoms with Crippen LogP contribution in [0.5, 0.6) is 5.75 Å². The van der Waals surface area contributed by atoms with Gasteiger partial charge in [0.2, 0.25) is 0 Å². The number of nitro groups is 1. The highest BCUT2D eigenvalue weighted by molar-refractivity contribution is 6.32. The topological polar surface area (TPSA) is 73.6 Å². The van der Waals surface area contributed by atoms with E-state index >= 15 is 0 Å². The van der Waals surface area contributed by atoms with Gasteiger partial charge in [-0.1, -0.05) is 18.5 Å². The van der Waals surface area contributed by atoms with Crippen molar-refractivity contribution in [3.63, 3.8) is 0 Å². The molecule has 0 spiro atoms. The minimum absolute atomic E-state index is 0.0408. The molecule has 20 heavy (non-hydrogen) atoms. The molecule has 1 aromatic rings. The van der Waals surface area contributed by atoms with Crippen molar-refractivity contribution < 1.29 is 14.4 Å². The molecule has 0 radical (unpaired) electrons. The van der Waals surface area contributed by atoms with E-state index in [1.54, 1.807) is 7.11 Å². The number of nitro benzene ring substituents is 1. The molecular weight excluding hydrogens is 284 g/mol. The third-order valence-corrected chi connectivity index (χ3v) is 3.70. The lowest BCUT2D eigenvalue weighted by atomic mass is 9.85. The van der Waals surface area contributed by atoms with Crippen molar-refractivity contribution in [3.8, 4) is 5.75 Å². The second-order valence-corrected chi connectivity index (χ2v) is 5.04. The fraction of sp³-hybridized carbons (Fsp3) is 0.538. The Morgan fingerprint density at radius 3 is 2.90 bits per heavy atom. The van der Waals surface area contributed by atoms with Gasteiger partial charge in [0.05, 0.1) is 16.0 Å². The zero-order chi connectivity index (χ0) is 14.7. The Hall–Kier alpha value is -1.37. The standard InChI is InChI=1S/C13H17ClN2O4/c1-3-15-10-7-12(13(10)19-2)20-11-6-8(16(17)18)4-5-9(11)14/h4-6,10,12-13,15H,3,7H2,1-2H3. The van der Waals surface area contributed by atoms with Crippen molar-refractivity contribution in [1.82, 2.24) is 5.32 Å². The molecule has 1 aliphatic carbocycles. The van der Waals surface area contributed by atoms with Gasteiger partial charge >= 0.3 is 0 Å². The number of ether oxygens (including phenoxy) is 2. The normalized spacial score (nSPS) is 25.1. The van der Waals surface area contributed by atoms with E-state index in [1.165, 1.54) is 18.2 Å². The fourth-order valence-electron chi connectivity index (χ4n) is 2.33. The monoisotopic (exact) mass is 300 g/mol. The van der Waals surface area contributed by atoms with E-state index in [9.17, 15) is 10.1 Å². The smallest absolute Gasteiger partial charge is 0.273 e. The molecule has 1 saturated carbocycles. The van der Waals surface area contributed by atoms with Gasteiger partial charge in [0.25, 0.3) is 5.69 Å². The molecule has 7 heteroatoms. The van der Waals surface area contributed by atoms with Crippen LogP contribution in [-0.4, -0.2) is 36.8 Å². The molecule has 0 amide bonds. The van der Waals surface area contributed by atoms with Crippen molar-refractivity contribution in [3.05, 3.63) is 33.3 Å². The summed E-state index contributed by atoms with van der Waals surface area (Å²) in [6.07, 6.45) is 0.555. The van der Waals surface area contributed by atoms with Gasteiger partial charge in [-0.3, -0.25) is 10.1 Å². The van der Waals surface area contributed by atoms with Gasteiger partial charge in [0, 0.05) is 25.6 Å². The van der Waals surface area contributed by atoms with Gasteiger partial charge < -0.3 is 14.8 Å². The van der Waals surface area contributed by atoms with Crippen molar-refractivity contribution in [2.45, 2.75) is 31.6 Å². The van der Waals surface area contributed by atoms with Gasteiger partial charge in [0.15, 0.2) is 0 Å². The third-order valence-electron chi connectivity index (χ3n) is 3.39. The summed E-state index contributed by atoms with van der Waals surface area (Å²) < 4.78 is 11.1. The first-order chi connectivity index (χ1) is 9.56. The van der Waals surface area contributed by atoms with Crippen LogP contribution in [0.1, 0.15) is 13.3 Å². The fourth-order valence-corrected chi connectivity index (χ4v) is 2.50. The first-order valence-corrected chi connectivity index (χ1v) is 6.81. The Kier molecular flexibility index (Phi) is 4.80. The van der Waals surface area contributed by atoms with Crippen molar-refractivity contribution >= 4 is 17.3 Å². The Balaban J connectivity index is 2.07. The van der Waals surface area contributed by atoms with Crippen molar-refractivity contribution in [1.29, 1.82) is 0 Å². The first kappa shape index (κ1) is 15.0. The number of nitrogens with one attached hydrogen (secondary N) is 1. The molecule has 0 aromatic heterocycles. The quantitative estimate of drug-likeness (QED) is 0.645. The number of benzene rings is 1. The Labute approximate surface area is 122 Å². The van der Waals surface area contributed by atoms with E-state index in [0.717, 1.165) is 13.0 Å². The van der Waals surface area contributed by atoms with Crippen LogP contribution in [0.4, 0.5) is 5.69 Å². The van der Waals surface area contributed by atoms with Gasteiger partial charge in [0.1, 0.15) is 18.0 Å². The summed E-state index contributed by atoms with van der Waals surface area (Å²) in [4.78, 5) is 10.3. The summed E-state index contributed by atoms with van der Waals surface area (Å²) in [7, 11) is 1.62. The van der Waals surface area contributed by atoms with Gasteiger partial charge in [-0.15, -0.1) is 0 Å². The third kappa shape index (κ3) is 3.03. The molecule has 0 heterocycles. The van der Waals surface area contributed by atoms with Gasteiger partial charge in [-0.2, -0.15) is 0 Å². The van der Waals surface area contributed by atoms with Crippen molar-refractivity contribution in [2.75, 3.05) is 13.7 Å². The van der Waals surface area contributed by atoms with Crippen LogP contribution in [0.15, 0.2) is 18.2 Å². The number of hydrogen-bond donors (Lipinski definition) is 1. The summed E-state index contributed by atoms with van der Waals surface area (Å²) >= 11 is 6.01. The summed E-state index contributed by atoms with van der Waals surface area (Å²) in [6, 6.07) is 4.41. The maximum absolute atomic E-state index is 10.8. The van der Waals surface area contributed by atoms with Crippen LogP contribution < -0.4 is 10.1 Å². The Bertz CT molecular complexity index is 497. The molecule has 0 aliphatic heterocycles. The predicted octanol–water partition coefficient (Wildman–Crippen LogP) is 2.39. The number of rotatable bonds is 6. The molecule has 3 atom stereocenters. The van der Waals surface area contributed by atoms with Crippen LogP contribution in [0.3, 0.4) is 0 Å². The maximum atomic E-state index is 10.8. The second kappa shape index (κ2) is 6.39. The average Bonchev–Trinajstić information content (AvgIpc) is 2.39. The molecule has 2 rings (SSSR count). The Morgan fingerprint density at radius 2 is 2.30 bits per heavy atom. The minimum atomic E-state index is -0.473. The van der Waals surface area contributed by atoms with Crippen molar-refractivity contribution in [2.24, 2.45) is 0 Å². The molecule has 1 aromatic carbocycles. The molecule has 0 bridgehead atoms. The zero-order valence-electron chi connectivity index (χ0n) is 11.3. The summed E-state index contributed by atoms with van der Waals surface area (Å²) in [5.74, 6) is 0.322. The number of likely N-dealkylation sites (N-methyl/N-ethyl adjacent to an activating group) is 1. The molecule has 0 saturated heterocycles. The highest BCUT2D eigenvalue weighted by Gasteiger charge is 2.43. The van der Waals surface area contributed by atoms with E-state index < -0.39 is 4.92 Å². The van der Waals surface area contributed by atoms with E-state index in [-0.39, 0.29) is 23.9 Å². The molecular formula is C13H17ClN2O4. The van der Waals surface area contributed by atoms with Crippen LogP contribution in [0.25, 0.3) is 0 Å². The van der Waals surface area contributed by atoms with Crippen LogP contribution in [0.2, 0.25) is 5.02 Å². The maximum Gasteiger partial charge on any atom is 0.273 e. The molecule has 1 N–H and O–H groups in total. The summed E-state index contributed by atoms with van der Waals surface area (Å²) in [6.45, 7) is 2.88. The lowest BCUT2D eigenvalue weighted by molar-refractivity contribution is -0.385. The number of methoxy groups -OCH3 is 1. The minimum Gasteiger partial charge on any atom is -0.486 e. The molecule has 3 unspecified atom stereocenters. The van der Waals surface area contributed by atoms with Crippen LogP contribution in [0, 0.1) is 10.1 Å². The largest absolute Gasteiger partial charge is 0.486 e. The predicted molar refractivity (Wildman–Crippen MR) is 75.4 cm³/mol. The van der Waals surface area contributed by atoms with E-state index in [1.807, 2.05) is 6.92 Å². The highest BCUT2D eigenvalue weighted by Crippen LogP contribution is 2.34. The number of hydrogen-bond acceptors (Lipinski definition) is 5. The lowest BCUT2D eigenvalue weighted by Gasteiger charge is -2.43. The highest BCUT2D eigenvalue weighted by atomic mass is 35.5. The van der Waals surface area contributed by atoms with E-state index in [0.29, 0.717) is 10.8 Å². The van der Waals surface area contributed by atoms with Gasteiger partial charge in [-0.25, -0.2) is 0 Å². The number of nitrogens with zero attached hydrogens (tertiary/aromatic N) is 1. The van der Waals surface area contributed by atoms with Gasteiger partial charge in [-0.05, 0) is 12.6 Å². The van der Waals surface area contributed by atoms with Crippen LogP contribution in [-0.2, 0) is 4.74 Å².